The molecule has 1 amide bonds. The van der Waals surface area contributed by atoms with Crippen molar-refractivity contribution in [1.82, 2.24) is 5.32 Å². The van der Waals surface area contributed by atoms with Crippen molar-refractivity contribution in [3.05, 3.63) is 76.9 Å². The molecule has 2 aliphatic rings. The molecular weight excluding hydrogens is 314 g/mol. The molecule has 1 saturated carbocycles. The van der Waals surface area contributed by atoms with Crippen molar-refractivity contribution >= 4 is 11.7 Å². The standard InChI is InChI=1S/C21H19NO3/c1-13-10-15-11-14(6-9-19(15)25-12-13)20(23)17-4-2-3-5-18(17)21(24)22-16-7-8-16/h2-6,9,11,16H,1,7-8,10,12H2,(H,22,24). The van der Waals surface area contributed by atoms with Gasteiger partial charge >= 0.3 is 0 Å². The highest BCUT2D eigenvalue weighted by Crippen LogP contribution is 2.28. The zero-order valence-corrected chi connectivity index (χ0v) is 13.9. The molecule has 0 radical (unpaired) electrons. The summed E-state index contributed by atoms with van der Waals surface area (Å²) in [6, 6.07) is 12.6. The first-order valence-corrected chi connectivity index (χ1v) is 8.49. The normalized spacial score (nSPS) is 15.9. The number of carbonyl (C=O) groups excluding carboxylic acids is 2. The van der Waals surface area contributed by atoms with Crippen molar-refractivity contribution in [2.45, 2.75) is 25.3 Å². The van der Waals surface area contributed by atoms with Crippen LogP contribution in [0.1, 0.15) is 44.7 Å². The molecule has 0 spiro atoms. The predicted octanol–water partition coefficient (Wildman–Crippen LogP) is 3.30. The van der Waals surface area contributed by atoms with Crippen LogP contribution in [0.4, 0.5) is 0 Å². The van der Waals surface area contributed by atoms with Gasteiger partial charge in [-0.25, -0.2) is 0 Å². The second-order valence-electron chi connectivity index (χ2n) is 6.66. The maximum atomic E-state index is 13.0. The summed E-state index contributed by atoms with van der Waals surface area (Å²) in [5.74, 6) is 0.463. The number of nitrogens with one attached hydrogen (secondary N) is 1. The highest BCUT2D eigenvalue weighted by atomic mass is 16.5. The Kier molecular flexibility index (Phi) is 3.88. The van der Waals surface area contributed by atoms with E-state index in [-0.39, 0.29) is 17.7 Å². The predicted molar refractivity (Wildman–Crippen MR) is 95.1 cm³/mol. The Morgan fingerprint density at radius 3 is 2.60 bits per heavy atom. The Morgan fingerprint density at radius 1 is 1.08 bits per heavy atom. The van der Waals surface area contributed by atoms with E-state index in [1.54, 1.807) is 30.3 Å². The second kappa shape index (κ2) is 6.20. The number of hydrogen-bond acceptors (Lipinski definition) is 3. The fourth-order valence-electron chi connectivity index (χ4n) is 3.03. The highest BCUT2D eigenvalue weighted by molar-refractivity contribution is 6.15. The van der Waals surface area contributed by atoms with Gasteiger partial charge in [0.05, 0.1) is 5.56 Å². The van der Waals surface area contributed by atoms with Gasteiger partial charge < -0.3 is 10.1 Å². The van der Waals surface area contributed by atoms with Gasteiger partial charge in [-0.05, 0) is 48.2 Å². The molecule has 2 aromatic carbocycles. The van der Waals surface area contributed by atoms with Crippen LogP contribution in [0, 0.1) is 0 Å². The molecule has 0 atom stereocenters. The summed E-state index contributed by atoms with van der Waals surface area (Å²) < 4.78 is 5.61. The molecule has 4 rings (SSSR count). The fraction of sp³-hybridized carbons (Fsp3) is 0.238. The van der Waals surface area contributed by atoms with E-state index in [2.05, 4.69) is 11.9 Å². The first-order chi connectivity index (χ1) is 12.1. The maximum absolute atomic E-state index is 13.0. The lowest BCUT2D eigenvalue weighted by molar-refractivity contribution is 0.0939. The van der Waals surface area contributed by atoms with Crippen molar-refractivity contribution in [1.29, 1.82) is 0 Å². The number of fused-ring (bicyclic) bond motifs is 1. The summed E-state index contributed by atoms with van der Waals surface area (Å²) in [6.07, 6.45) is 2.73. The van der Waals surface area contributed by atoms with Gasteiger partial charge in [-0.15, -0.1) is 0 Å². The van der Waals surface area contributed by atoms with Crippen LogP contribution >= 0.6 is 0 Å². The smallest absolute Gasteiger partial charge is 0.252 e. The third-order valence-electron chi connectivity index (χ3n) is 4.52. The van der Waals surface area contributed by atoms with E-state index in [1.165, 1.54) is 0 Å². The minimum Gasteiger partial charge on any atom is -0.489 e. The molecule has 0 bridgehead atoms. The average Bonchev–Trinajstić information content (AvgIpc) is 3.44. The summed E-state index contributed by atoms with van der Waals surface area (Å²) in [6.45, 7) is 4.47. The van der Waals surface area contributed by atoms with Crippen LogP contribution in [0.25, 0.3) is 0 Å². The molecule has 2 aromatic rings. The molecule has 1 aliphatic heterocycles. The number of ether oxygens (including phenoxy) is 1. The minimum absolute atomic E-state index is 0.152. The Balaban J connectivity index is 1.66. The molecule has 0 unspecified atom stereocenters. The minimum atomic E-state index is -0.180. The van der Waals surface area contributed by atoms with E-state index in [1.807, 2.05) is 12.1 Å². The molecule has 1 fully saturated rings. The monoisotopic (exact) mass is 333 g/mol. The van der Waals surface area contributed by atoms with E-state index >= 15 is 0 Å². The lowest BCUT2D eigenvalue weighted by Gasteiger charge is -2.19. The molecular formula is C21H19NO3. The van der Waals surface area contributed by atoms with Gasteiger partial charge in [-0.2, -0.15) is 0 Å². The third kappa shape index (κ3) is 3.20. The van der Waals surface area contributed by atoms with E-state index in [0.29, 0.717) is 29.7 Å². The van der Waals surface area contributed by atoms with Crippen LogP contribution in [-0.4, -0.2) is 24.3 Å². The van der Waals surface area contributed by atoms with Crippen LogP contribution < -0.4 is 10.1 Å². The summed E-state index contributed by atoms with van der Waals surface area (Å²) in [5, 5.41) is 2.95. The van der Waals surface area contributed by atoms with Crippen molar-refractivity contribution in [3.8, 4) is 5.75 Å². The number of carbonyl (C=O) groups is 2. The van der Waals surface area contributed by atoms with Gasteiger partial charge in [0.25, 0.3) is 5.91 Å². The van der Waals surface area contributed by atoms with Crippen LogP contribution in [0.15, 0.2) is 54.6 Å². The van der Waals surface area contributed by atoms with Crippen LogP contribution in [0.5, 0.6) is 5.75 Å². The Hall–Kier alpha value is -2.88. The molecule has 1 heterocycles. The molecule has 4 nitrogen and oxygen atoms in total. The number of rotatable bonds is 4. The number of ketones is 1. The summed E-state index contributed by atoms with van der Waals surface area (Å²) in [4.78, 5) is 25.4. The lowest BCUT2D eigenvalue weighted by Crippen LogP contribution is -2.27. The lowest BCUT2D eigenvalue weighted by atomic mass is 9.94. The van der Waals surface area contributed by atoms with Gasteiger partial charge in [0.1, 0.15) is 12.4 Å². The summed E-state index contributed by atoms with van der Waals surface area (Å²) >= 11 is 0. The molecule has 25 heavy (non-hydrogen) atoms. The van der Waals surface area contributed by atoms with Crippen LogP contribution in [-0.2, 0) is 6.42 Å². The van der Waals surface area contributed by atoms with Gasteiger partial charge in [-0.3, -0.25) is 9.59 Å². The molecule has 0 aromatic heterocycles. The van der Waals surface area contributed by atoms with Crippen molar-refractivity contribution in [2.75, 3.05) is 6.61 Å². The van der Waals surface area contributed by atoms with E-state index in [4.69, 9.17) is 4.74 Å². The second-order valence-corrected chi connectivity index (χ2v) is 6.66. The largest absolute Gasteiger partial charge is 0.489 e. The van der Waals surface area contributed by atoms with E-state index < -0.39 is 0 Å². The van der Waals surface area contributed by atoms with Gasteiger partial charge in [0.15, 0.2) is 5.78 Å². The molecule has 126 valence electrons. The molecule has 1 N–H and O–H groups in total. The maximum Gasteiger partial charge on any atom is 0.252 e. The van der Waals surface area contributed by atoms with Crippen molar-refractivity contribution < 1.29 is 14.3 Å². The first kappa shape index (κ1) is 15.6. The fourth-order valence-corrected chi connectivity index (χ4v) is 3.03. The van der Waals surface area contributed by atoms with E-state index in [0.717, 1.165) is 29.7 Å². The Bertz CT molecular complexity index is 880. The first-order valence-electron chi connectivity index (χ1n) is 8.49. The van der Waals surface area contributed by atoms with Crippen molar-refractivity contribution in [2.24, 2.45) is 0 Å². The zero-order valence-electron chi connectivity index (χ0n) is 13.9. The van der Waals surface area contributed by atoms with Gasteiger partial charge in [0, 0.05) is 23.6 Å². The average molecular weight is 333 g/mol. The molecule has 4 heteroatoms. The van der Waals surface area contributed by atoms with Crippen LogP contribution in [0.2, 0.25) is 0 Å². The third-order valence-corrected chi connectivity index (χ3v) is 4.52. The quantitative estimate of drug-likeness (QED) is 0.690. The zero-order chi connectivity index (χ0) is 17.4. The molecule has 0 saturated heterocycles. The number of amides is 1. The van der Waals surface area contributed by atoms with E-state index in [9.17, 15) is 9.59 Å². The van der Waals surface area contributed by atoms with Crippen molar-refractivity contribution in [3.63, 3.8) is 0 Å². The summed E-state index contributed by atoms with van der Waals surface area (Å²) in [7, 11) is 0. The van der Waals surface area contributed by atoms with Gasteiger partial charge in [-0.1, -0.05) is 24.8 Å². The Morgan fingerprint density at radius 2 is 1.84 bits per heavy atom. The SMILES string of the molecule is C=C1COc2ccc(C(=O)c3ccccc3C(=O)NC3CC3)cc2C1. The van der Waals surface area contributed by atoms with Crippen LogP contribution in [0.3, 0.4) is 0 Å². The Labute approximate surface area is 146 Å². The summed E-state index contributed by atoms with van der Waals surface area (Å²) in [5.41, 5.74) is 3.36. The number of benzene rings is 2. The highest BCUT2D eigenvalue weighted by Gasteiger charge is 2.26. The molecule has 1 aliphatic carbocycles. The van der Waals surface area contributed by atoms with Gasteiger partial charge in [0.2, 0.25) is 0 Å². The number of hydrogen-bond donors (Lipinski definition) is 1. The topological polar surface area (TPSA) is 55.4 Å².